The minimum absolute atomic E-state index is 0.517. The van der Waals surface area contributed by atoms with Crippen LogP contribution < -0.4 is 15.2 Å². The second-order valence-electron chi connectivity index (χ2n) is 5.82. The summed E-state index contributed by atoms with van der Waals surface area (Å²) in [5.41, 5.74) is 6.55. The molecule has 0 spiro atoms. The largest absolute Gasteiger partial charge is 0.492 e. The number of nitrogen functional groups attached to an aromatic ring is 1. The monoisotopic (exact) mass is 294 g/mol. The van der Waals surface area contributed by atoms with Gasteiger partial charge in [0, 0.05) is 24.7 Å². The van der Waals surface area contributed by atoms with Gasteiger partial charge in [0.2, 0.25) is 0 Å². The lowest BCUT2D eigenvalue weighted by molar-refractivity contribution is 0.142. The van der Waals surface area contributed by atoms with Gasteiger partial charge >= 0.3 is 0 Å². The molecule has 0 aliphatic heterocycles. The minimum Gasteiger partial charge on any atom is -0.492 e. The molecular weight excluding hydrogens is 264 g/mol. The van der Waals surface area contributed by atoms with E-state index in [1.54, 1.807) is 0 Å². The molecule has 2 N–H and O–H groups in total. The van der Waals surface area contributed by atoms with Crippen LogP contribution in [0.2, 0.25) is 0 Å². The van der Waals surface area contributed by atoms with Crippen LogP contribution in [0.25, 0.3) is 0 Å². The fourth-order valence-electron chi connectivity index (χ4n) is 2.32. The summed E-state index contributed by atoms with van der Waals surface area (Å²) in [4.78, 5) is 2.41. The zero-order valence-electron chi connectivity index (χ0n) is 14.1. The zero-order chi connectivity index (χ0) is 15.8. The normalized spacial score (nSPS) is 11.4. The molecule has 120 valence electrons. The molecule has 0 saturated heterocycles. The van der Waals surface area contributed by atoms with Gasteiger partial charge in [0.05, 0.1) is 12.3 Å². The predicted molar refractivity (Wildman–Crippen MR) is 89.1 cm³/mol. The maximum absolute atomic E-state index is 5.90. The Morgan fingerprint density at radius 2 is 1.71 bits per heavy atom. The van der Waals surface area contributed by atoms with Crippen molar-refractivity contribution < 1.29 is 9.47 Å². The predicted octanol–water partition coefficient (Wildman–Crippen LogP) is 3.56. The lowest BCUT2D eigenvalue weighted by Gasteiger charge is -2.30. The Hall–Kier alpha value is -1.42. The molecule has 1 aromatic carbocycles. The third kappa shape index (κ3) is 5.84. The van der Waals surface area contributed by atoms with Crippen molar-refractivity contribution in [2.24, 2.45) is 0 Å². The molecule has 0 heterocycles. The molecular formula is C17H30N2O2. The van der Waals surface area contributed by atoms with Gasteiger partial charge in [-0.05, 0) is 46.2 Å². The molecule has 0 unspecified atom stereocenters. The van der Waals surface area contributed by atoms with E-state index in [0.29, 0.717) is 36.7 Å². The molecule has 4 heteroatoms. The zero-order valence-corrected chi connectivity index (χ0v) is 14.1. The topological polar surface area (TPSA) is 47.7 Å². The van der Waals surface area contributed by atoms with Crippen molar-refractivity contribution in [2.75, 3.05) is 25.5 Å². The number of nitrogens with two attached hydrogens (primary N) is 1. The van der Waals surface area contributed by atoms with Gasteiger partial charge < -0.3 is 15.2 Å². The van der Waals surface area contributed by atoms with Gasteiger partial charge in [0.25, 0.3) is 0 Å². The number of ether oxygens (including phenoxy) is 2. The summed E-state index contributed by atoms with van der Waals surface area (Å²) in [7, 11) is 0. The van der Waals surface area contributed by atoms with Crippen molar-refractivity contribution in [1.82, 2.24) is 4.90 Å². The standard InChI is InChI=1S/C17H30N2O2/c1-6-10-21-17-12-15(7-8-16(17)18)20-11-9-19(13(2)3)14(4)5/h7-8,12-14H,6,9-11,18H2,1-5H3. The van der Waals surface area contributed by atoms with Crippen LogP contribution in [0.5, 0.6) is 11.5 Å². The summed E-state index contributed by atoms with van der Waals surface area (Å²) in [5, 5.41) is 0. The third-order valence-corrected chi connectivity index (χ3v) is 3.39. The van der Waals surface area contributed by atoms with Crippen molar-refractivity contribution in [2.45, 2.75) is 53.1 Å². The molecule has 0 atom stereocenters. The second-order valence-corrected chi connectivity index (χ2v) is 5.82. The maximum atomic E-state index is 5.90. The van der Waals surface area contributed by atoms with E-state index in [2.05, 4.69) is 39.5 Å². The Kier molecular flexibility index (Phi) is 7.37. The van der Waals surface area contributed by atoms with Crippen molar-refractivity contribution in [1.29, 1.82) is 0 Å². The summed E-state index contributed by atoms with van der Waals surface area (Å²) in [6.45, 7) is 13.1. The molecule has 1 rings (SSSR count). The van der Waals surface area contributed by atoms with Crippen LogP contribution in [0.15, 0.2) is 18.2 Å². The van der Waals surface area contributed by atoms with Crippen LogP contribution in [0.1, 0.15) is 41.0 Å². The van der Waals surface area contributed by atoms with E-state index in [1.807, 2.05) is 18.2 Å². The molecule has 4 nitrogen and oxygen atoms in total. The van der Waals surface area contributed by atoms with Gasteiger partial charge in [0.15, 0.2) is 0 Å². The van der Waals surface area contributed by atoms with Gasteiger partial charge in [0.1, 0.15) is 18.1 Å². The molecule has 0 bridgehead atoms. The van der Waals surface area contributed by atoms with E-state index < -0.39 is 0 Å². The average Bonchev–Trinajstić information content (AvgIpc) is 2.42. The Bertz CT molecular complexity index is 411. The number of benzene rings is 1. The van der Waals surface area contributed by atoms with Crippen LogP contribution in [-0.4, -0.2) is 36.7 Å². The molecule has 0 radical (unpaired) electrons. The van der Waals surface area contributed by atoms with E-state index in [0.717, 1.165) is 18.7 Å². The summed E-state index contributed by atoms with van der Waals surface area (Å²) in [6.07, 6.45) is 0.961. The first-order valence-electron chi connectivity index (χ1n) is 7.86. The number of anilines is 1. The Morgan fingerprint density at radius 3 is 2.29 bits per heavy atom. The second kappa shape index (κ2) is 8.78. The first-order valence-corrected chi connectivity index (χ1v) is 7.86. The van der Waals surface area contributed by atoms with E-state index in [1.165, 1.54) is 0 Å². The average molecular weight is 294 g/mol. The number of hydrogen-bond acceptors (Lipinski definition) is 4. The van der Waals surface area contributed by atoms with Crippen molar-refractivity contribution in [3.8, 4) is 11.5 Å². The smallest absolute Gasteiger partial charge is 0.145 e. The first-order chi connectivity index (χ1) is 9.95. The van der Waals surface area contributed by atoms with Gasteiger partial charge in [-0.15, -0.1) is 0 Å². The number of nitrogens with zero attached hydrogens (tertiary/aromatic N) is 1. The van der Waals surface area contributed by atoms with Crippen LogP contribution >= 0.6 is 0 Å². The maximum Gasteiger partial charge on any atom is 0.145 e. The highest BCUT2D eigenvalue weighted by Crippen LogP contribution is 2.27. The van der Waals surface area contributed by atoms with Gasteiger partial charge in [-0.2, -0.15) is 0 Å². The Labute approximate surface area is 129 Å². The van der Waals surface area contributed by atoms with E-state index in [-0.39, 0.29) is 0 Å². The van der Waals surface area contributed by atoms with E-state index >= 15 is 0 Å². The quantitative estimate of drug-likeness (QED) is 0.708. The molecule has 0 aromatic heterocycles. The Morgan fingerprint density at radius 1 is 1.05 bits per heavy atom. The van der Waals surface area contributed by atoms with Crippen LogP contribution in [0.3, 0.4) is 0 Å². The first kappa shape index (κ1) is 17.6. The van der Waals surface area contributed by atoms with Crippen molar-refractivity contribution in [3.63, 3.8) is 0 Å². The highest BCUT2D eigenvalue weighted by Gasteiger charge is 2.13. The van der Waals surface area contributed by atoms with Crippen LogP contribution in [0, 0.1) is 0 Å². The molecule has 0 aliphatic rings. The molecule has 21 heavy (non-hydrogen) atoms. The fourth-order valence-corrected chi connectivity index (χ4v) is 2.32. The van der Waals surface area contributed by atoms with Gasteiger partial charge in [-0.25, -0.2) is 0 Å². The molecule has 1 aromatic rings. The number of hydrogen-bond donors (Lipinski definition) is 1. The molecule has 0 fully saturated rings. The van der Waals surface area contributed by atoms with Crippen molar-refractivity contribution in [3.05, 3.63) is 18.2 Å². The van der Waals surface area contributed by atoms with Crippen molar-refractivity contribution >= 4 is 5.69 Å². The Balaban J connectivity index is 2.55. The van der Waals surface area contributed by atoms with E-state index in [9.17, 15) is 0 Å². The van der Waals surface area contributed by atoms with Gasteiger partial charge in [-0.3, -0.25) is 4.90 Å². The SMILES string of the molecule is CCCOc1cc(OCCN(C(C)C)C(C)C)ccc1N. The summed E-state index contributed by atoms with van der Waals surface area (Å²) >= 11 is 0. The summed E-state index contributed by atoms with van der Waals surface area (Å²) < 4.78 is 11.5. The lowest BCUT2D eigenvalue weighted by Crippen LogP contribution is -2.39. The molecule has 0 aliphatic carbocycles. The van der Waals surface area contributed by atoms with E-state index in [4.69, 9.17) is 15.2 Å². The summed E-state index contributed by atoms with van der Waals surface area (Å²) in [6, 6.07) is 6.64. The highest BCUT2D eigenvalue weighted by molar-refractivity contribution is 5.55. The lowest BCUT2D eigenvalue weighted by atomic mass is 10.2. The summed E-state index contributed by atoms with van der Waals surface area (Å²) in [5.74, 6) is 1.52. The number of rotatable bonds is 9. The molecule has 0 amide bonds. The van der Waals surface area contributed by atoms with Gasteiger partial charge in [-0.1, -0.05) is 6.92 Å². The fraction of sp³-hybridized carbons (Fsp3) is 0.647. The highest BCUT2D eigenvalue weighted by atomic mass is 16.5. The van der Waals surface area contributed by atoms with Crippen LogP contribution in [0.4, 0.5) is 5.69 Å². The minimum atomic E-state index is 0.517. The third-order valence-electron chi connectivity index (χ3n) is 3.39. The molecule has 0 saturated carbocycles. The van der Waals surface area contributed by atoms with Crippen LogP contribution in [-0.2, 0) is 0 Å².